The number of aliphatic hydroxyl groups is 1. The van der Waals surface area contributed by atoms with Crippen LogP contribution in [0.25, 0.3) is 0 Å². The molecule has 1 aliphatic carbocycles. The Balaban J connectivity index is 1.97. The smallest absolute Gasteiger partial charge is 0.104 e. The molecule has 0 radical (unpaired) electrons. The van der Waals surface area contributed by atoms with Gasteiger partial charge in [0.25, 0.3) is 0 Å². The van der Waals surface area contributed by atoms with Crippen molar-refractivity contribution in [3.63, 3.8) is 0 Å². The number of benzene rings is 2. The first-order valence-corrected chi connectivity index (χ1v) is 7.57. The first-order valence-electron chi connectivity index (χ1n) is 6.78. The molecule has 1 unspecified atom stereocenters. The zero-order chi connectivity index (χ0) is 13.2. The van der Waals surface area contributed by atoms with E-state index in [1.54, 1.807) is 0 Å². The van der Waals surface area contributed by atoms with Crippen LogP contribution in [0.3, 0.4) is 0 Å². The van der Waals surface area contributed by atoms with Crippen LogP contribution in [0.15, 0.2) is 53.0 Å². The van der Waals surface area contributed by atoms with Gasteiger partial charge in [0.2, 0.25) is 0 Å². The van der Waals surface area contributed by atoms with E-state index in [1.165, 1.54) is 24.8 Å². The molecule has 0 aliphatic heterocycles. The molecule has 19 heavy (non-hydrogen) atoms. The van der Waals surface area contributed by atoms with Gasteiger partial charge >= 0.3 is 0 Å². The van der Waals surface area contributed by atoms with E-state index in [9.17, 15) is 5.11 Å². The van der Waals surface area contributed by atoms with Crippen LogP contribution in [-0.4, -0.2) is 5.11 Å². The van der Waals surface area contributed by atoms with Gasteiger partial charge in [-0.15, -0.1) is 0 Å². The Bertz CT molecular complexity index is 575. The van der Waals surface area contributed by atoms with Crippen molar-refractivity contribution in [1.82, 2.24) is 0 Å². The summed E-state index contributed by atoms with van der Waals surface area (Å²) in [5.74, 6) is 0.637. The van der Waals surface area contributed by atoms with Crippen LogP contribution in [0.1, 0.15) is 48.0 Å². The SMILES string of the molecule is OC(c1cccc(Br)c1)c1ccccc1C1CCC1. The number of halogens is 1. The largest absolute Gasteiger partial charge is 0.384 e. The number of rotatable bonds is 3. The maximum Gasteiger partial charge on any atom is 0.104 e. The molecule has 0 amide bonds. The van der Waals surface area contributed by atoms with Crippen molar-refractivity contribution in [3.05, 3.63) is 69.7 Å². The molecule has 1 aliphatic rings. The van der Waals surface area contributed by atoms with E-state index >= 15 is 0 Å². The summed E-state index contributed by atoms with van der Waals surface area (Å²) in [4.78, 5) is 0. The predicted octanol–water partition coefficient (Wildman–Crippen LogP) is 4.80. The lowest BCUT2D eigenvalue weighted by Gasteiger charge is -2.29. The molecular formula is C17H17BrO. The molecule has 1 fully saturated rings. The average molecular weight is 317 g/mol. The Morgan fingerprint density at radius 3 is 2.53 bits per heavy atom. The second kappa shape index (κ2) is 5.48. The summed E-state index contributed by atoms with van der Waals surface area (Å²) >= 11 is 3.46. The third-order valence-corrected chi connectivity index (χ3v) is 4.49. The van der Waals surface area contributed by atoms with E-state index in [0.29, 0.717) is 5.92 Å². The molecule has 2 aromatic carbocycles. The van der Waals surface area contributed by atoms with Gasteiger partial charge in [-0.1, -0.05) is 58.7 Å². The second-order valence-electron chi connectivity index (χ2n) is 5.21. The van der Waals surface area contributed by atoms with Gasteiger partial charge in [-0.05, 0) is 47.6 Å². The van der Waals surface area contributed by atoms with Gasteiger partial charge in [-0.25, -0.2) is 0 Å². The molecule has 1 atom stereocenters. The van der Waals surface area contributed by atoms with Crippen LogP contribution in [0.2, 0.25) is 0 Å². The summed E-state index contributed by atoms with van der Waals surface area (Å²) in [6.45, 7) is 0. The molecule has 2 aromatic rings. The Morgan fingerprint density at radius 1 is 1.05 bits per heavy atom. The van der Waals surface area contributed by atoms with Gasteiger partial charge < -0.3 is 5.11 Å². The van der Waals surface area contributed by atoms with Gasteiger partial charge in [0.05, 0.1) is 0 Å². The van der Waals surface area contributed by atoms with E-state index < -0.39 is 6.10 Å². The first kappa shape index (κ1) is 12.9. The summed E-state index contributed by atoms with van der Waals surface area (Å²) in [6.07, 6.45) is 3.28. The zero-order valence-corrected chi connectivity index (χ0v) is 12.3. The highest BCUT2D eigenvalue weighted by Crippen LogP contribution is 2.40. The van der Waals surface area contributed by atoms with E-state index in [1.807, 2.05) is 30.3 Å². The Morgan fingerprint density at radius 2 is 1.84 bits per heavy atom. The minimum atomic E-state index is -0.533. The van der Waals surface area contributed by atoms with E-state index in [-0.39, 0.29) is 0 Å². The van der Waals surface area contributed by atoms with E-state index in [0.717, 1.165) is 15.6 Å². The minimum Gasteiger partial charge on any atom is -0.384 e. The van der Waals surface area contributed by atoms with Crippen molar-refractivity contribution in [1.29, 1.82) is 0 Å². The molecule has 98 valence electrons. The lowest BCUT2D eigenvalue weighted by atomic mass is 9.77. The van der Waals surface area contributed by atoms with Crippen LogP contribution in [0, 0.1) is 0 Å². The van der Waals surface area contributed by atoms with Gasteiger partial charge in [0.1, 0.15) is 6.10 Å². The molecule has 0 heterocycles. The molecule has 0 bridgehead atoms. The van der Waals surface area contributed by atoms with Crippen LogP contribution >= 0.6 is 15.9 Å². The van der Waals surface area contributed by atoms with Crippen LogP contribution in [0.4, 0.5) is 0 Å². The molecule has 1 N–H and O–H groups in total. The molecule has 1 saturated carbocycles. The molecule has 2 heteroatoms. The normalized spacial score (nSPS) is 16.9. The number of hydrogen-bond donors (Lipinski definition) is 1. The molecule has 0 saturated heterocycles. The van der Waals surface area contributed by atoms with Crippen molar-refractivity contribution >= 4 is 15.9 Å². The molecule has 0 aromatic heterocycles. The Hall–Kier alpha value is -1.12. The van der Waals surface area contributed by atoms with Crippen LogP contribution < -0.4 is 0 Å². The Kier molecular flexibility index (Phi) is 3.72. The standard InChI is InChI=1S/C17H17BrO/c18-14-8-4-7-13(11-14)17(19)16-10-2-1-9-15(16)12-5-3-6-12/h1-2,4,7-12,17,19H,3,5-6H2. The third-order valence-electron chi connectivity index (χ3n) is 4.00. The van der Waals surface area contributed by atoms with Gasteiger partial charge in [0.15, 0.2) is 0 Å². The molecule has 3 rings (SSSR count). The predicted molar refractivity (Wildman–Crippen MR) is 81.2 cm³/mol. The third kappa shape index (κ3) is 2.60. The maximum absolute atomic E-state index is 10.6. The van der Waals surface area contributed by atoms with Crippen LogP contribution in [-0.2, 0) is 0 Å². The Labute approximate surface area is 122 Å². The second-order valence-corrected chi connectivity index (χ2v) is 6.13. The summed E-state index contributed by atoms with van der Waals surface area (Å²) < 4.78 is 1.00. The number of hydrogen-bond acceptors (Lipinski definition) is 1. The minimum absolute atomic E-state index is 0.533. The highest BCUT2D eigenvalue weighted by Gasteiger charge is 2.24. The number of aliphatic hydroxyl groups excluding tert-OH is 1. The fourth-order valence-corrected chi connectivity index (χ4v) is 3.12. The topological polar surface area (TPSA) is 20.2 Å². The first-order chi connectivity index (χ1) is 9.25. The van der Waals surface area contributed by atoms with Crippen molar-refractivity contribution in [2.75, 3.05) is 0 Å². The summed E-state index contributed by atoms with van der Waals surface area (Å²) in [6, 6.07) is 16.2. The van der Waals surface area contributed by atoms with Crippen LogP contribution in [0.5, 0.6) is 0 Å². The summed E-state index contributed by atoms with van der Waals surface area (Å²) in [5.41, 5.74) is 3.33. The van der Waals surface area contributed by atoms with Crippen molar-refractivity contribution in [2.45, 2.75) is 31.3 Å². The molecule has 1 nitrogen and oxygen atoms in total. The summed E-state index contributed by atoms with van der Waals surface area (Å²) in [5, 5.41) is 10.6. The van der Waals surface area contributed by atoms with E-state index in [2.05, 4.69) is 34.1 Å². The zero-order valence-electron chi connectivity index (χ0n) is 10.7. The monoisotopic (exact) mass is 316 g/mol. The van der Waals surface area contributed by atoms with Gasteiger partial charge in [-0.3, -0.25) is 0 Å². The van der Waals surface area contributed by atoms with Gasteiger partial charge in [-0.2, -0.15) is 0 Å². The lowest BCUT2D eigenvalue weighted by Crippen LogP contribution is -2.13. The lowest BCUT2D eigenvalue weighted by molar-refractivity contribution is 0.217. The van der Waals surface area contributed by atoms with Gasteiger partial charge in [0, 0.05) is 4.47 Å². The molecule has 0 spiro atoms. The highest BCUT2D eigenvalue weighted by molar-refractivity contribution is 9.10. The van der Waals surface area contributed by atoms with Crippen molar-refractivity contribution in [3.8, 4) is 0 Å². The fraction of sp³-hybridized carbons (Fsp3) is 0.294. The highest BCUT2D eigenvalue weighted by atomic mass is 79.9. The quantitative estimate of drug-likeness (QED) is 0.862. The fourth-order valence-electron chi connectivity index (χ4n) is 2.71. The van der Waals surface area contributed by atoms with E-state index in [4.69, 9.17) is 0 Å². The average Bonchev–Trinajstić information content (AvgIpc) is 2.37. The van der Waals surface area contributed by atoms with Crippen molar-refractivity contribution in [2.24, 2.45) is 0 Å². The molecular weight excluding hydrogens is 300 g/mol. The van der Waals surface area contributed by atoms with Crippen molar-refractivity contribution < 1.29 is 5.11 Å². The maximum atomic E-state index is 10.6. The summed E-state index contributed by atoms with van der Waals surface area (Å²) in [7, 11) is 0.